The Hall–Kier alpha value is -3.02. The molecule has 10 nitrogen and oxygen atoms in total. The number of ether oxygens (including phenoxy) is 2. The normalized spacial score (nSPS) is 14.8. The standard InChI is InChI=1S/C19H21N3O7S/c1-28-18-7-6-16(22(24)25)12-17(18)20-19(23)15-4-2-14(3-5-15)13-30(26,27)21-8-10-29-11-9-21/h2-7,12H,8-11,13H2,1H3,(H,20,23). The Morgan fingerprint density at radius 3 is 2.47 bits per heavy atom. The highest BCUT2D eigenvalue weighted by Crippen LogP contribution is 2.29. The van der Waals surface area contributed by atoms with Crippen molar-refractivity contribution in [1.29, 1.82) is 0 Å². The molecule has 0 radical (unpaired) electrons. The van der Waals surface area contributed by atoms with Crippen LogP contribution in [-0.2, 0) is 20.5 Å². The SMILES string of the molecule is COc1ccc([N+](=O)[O-])cc1NC(=O)c1ccc(CS(=O)(=O)N2CCOCC2)cc1. The van der Waals surface area contributed by atoms with E-state index in [1.807, 2.05) is 0 Å². The van der Waals surface area contributed by atoms with Gasteiger partial charge in [0.25, 0.3) is 11.6 Å². The predicted molar refractivity (Wildman–Crippen MR) is 109 cm³/mol. The van der Waals surface area contributed by atoms with Crippen LogP contribution in [0.25, 0.3) is 0 Å². The van der Waals surface area contributed by atoms with Gasteiger partial charge in [-0.1, -0.05) is 12.1 Å². The van der Waals surface area contributed by atoms with Crippen molar-refractivity contribution >= 4 is 27.3 Å². The van der Waals surface area contributed by atoms with Crippen LogP contribution in [0.1, 0.15) is 15.9 Å². The fourth-order valence-electron chi connectivity index (χ4n) is 2.98. The van der Waals surface area contributed by atoms with Gasteiger partial charge < -0.3 is 14.8 Å². The Balaban J connectivity index is 1.71. The summed E-state index contributed by atoms with van der Waals surface area (Å²) in [5.74, 6) is -0.397. The molecule has 1 N–H and O–H groups in total. The number of morpholine rings is 1. The van der Waals surface area contributed by atoms with Crippen molar-refractivity contribution in [3.8, 4) is 5.75 Å². The summed E-state index contributed by atoms with van der Waals surface area (Å²) in [6, 6.07) is 10.0. The predicted octanol–water partition coefficient (Wildman–Crippen LogP) is 2.02. The lowest BCUT2D eigenvalue weighted by molar-refractivity contribution is -0.384. The molecule has 1 aliphatic rings. The second-order valence-corrected chi connectivity index (χ2v) is 8.53. The zero-order valence-corrected chi connectivity index (χ0v) is 17.1. The third-order valence-electron chi connectivity index (χ3n) is 4.57. The van der Waals surface area contributed by atoms with Crippen molar-refractivity contribution in [2.75, 3.05) is 38.7 Å². The van der Waals surface area contributed by atoms with Crippen LogP contribution >= 0.6 is 0 Å². The summed E-state index contributed by atoms with van der Waals surface area (Å²) in [5, 5.41) is 13.6. The maximum atomic E-state index is 12.5. The van der Waals surface area contributed by atoms with E-state index in [0.717, 1.165) is 0 Å². The molecule has 30 heavy (non-hydrogen) atoms. The smallest absolute Gasteiger partial charge is 0.271 e. The Labute approximate surface area is 173 Å². The minimum absolute atomic E-state index is 0.163. The van der Waals surface area contributed by atoms with Gasteiger partial charge in [-0.25, -0.2) is 8.42 Å². The topological polar surface area (TPSA) is 128 Å². The first kappa shape index (κ1) is 21.7. The fourth-order valence-corrected chi connectivity index (χ4v) is 4.48. The summed E-state index contributed by atoms with van der Waals surface area (Å²) in [6.45, 7) is 1.40. The molecule has 160 valence electrons. The Bertz CT molecular complexity index is 1030. The van der Waals surface area contributed by atoms with Crippen molar-refractivity contribution in [3.63, 3.8) is 0 Å². The highest BCUT2D eigenvalue weighted by Gasteiger charge is 2.24. The average Bonchev–Trinajstić information content (AvgIpc) is 2.74. The Morgan fingerprint density at radius 2 is 1.87 bits per heavy atom. The lowest BCUT2D eigenvalue weighted by Crippen LogP contribution is -2.41. The van der Waals surface area contributed by atoms with Crippen molar-refractivity contribution in [2.45, 2.75) is 5.75 Å². The first-order valence-electron chi connectivity index (χ1n) is 9.08. The number of nitrogens with one attached hydrogen (secondary N) is 1. The van der Waals surface area contributed by atoms with Crippen LogP contribution in [0.15, 0.2) is 42.5 Å². The molecule has 3 rings (SSSR count). The van der Waals surface area contributed by atoms with Gasteiger partial charge in [0.2, 0.25) is 10.0 Å². The first-order chi connectivity index (χ1) is 14.3. The summed E-state index contributed by atoms with van der Waals surface area (Å²) >= 11 is 0. The number of hydrogen-bond acceptors (Lipinski definition) is 7. The molecule has 1 fully saturated rings. The highest BCUT2D eigenvalue weighted by molar-refractivity contribution is 7.88. The molecular weight excluding hydrogens is 414 g/mol. The van der Waals surface area contributed by atoms with Crippen molar-refractivity contribution in [2.24, 2.45) is 0 Å². The van der Waals surface area contributed by atoms with Gasteiger partial charge >= 0.3 is 0 Å². The van der Waals surface area contributed by atoms with Gasteiger partial charge in [-0.2, -0.15) is 4.31 Å². The molecule has 1 heterocycles. The number of hydrogen-bond donors (Lipinski definition) is 1. The van der Waals surface area contributed by atoms with E-state index in [-0.39, 0.29) is 28.4 Å². The number of sulfonamides is 1. The molecule has 0 unspecified atom stereocenters. The lowest BCUT2D eigenvalue weighted by atomic mass is 10.1. The summed E-state index contributed by atoms with van der Waals surface area (Å²) in [7, 11) is -2.08. The molecule has 0 saturated carbocycles. The van der Waals surface area contributed by atoms with Crippen LogP contribution < -0.4 is 10.1 Å². The third kappa shape index (κ3) is 5.12. The molecule has 1 amide bonds. The van der Waals surface area contributed by atoms with Crippen LogP contribution in [-0.4, -0.2) is 57.0 Å². The number of methoxy groups -OCH3 is 1. The molecule has 0 bridgehead atoms. The van der Waals surface area contributed by atoms with Crippen LogP contribution in [0.2, 0.25) is 0 Å². The quantitative estimate of drug-likeness (QED) is 0.520. The average molecular weight is 435 g/mol. The van der Waals surface area contributed by atoms with Gasteiger partial charge in [-0.05, 0) is 23.8 Å². The van der Waals surface area contributed by atoms with Crippen molar-refractivity contribution in [3.05, 3.63) is 63.7 Å². The number of nitro benzene ring substituents is 1. The third-order valence-corrected chi connectivity index (χ3v) is 6.42. The zero-order chi connectivity index (χ0) is 21.7. The Morgan fingerprint density at radius 1 is 1.20 bits per heavy atom. The molecule has 0 spiro atoms. The van der Waals surface area contributed by atoms with Crippen molar-refractivity contribution < 1.29 is 27.6 Å². The molecule has 0 atom stereocenters. The van der Waals surface area contributed by atoms with Gasteiger partial charge in [-0.3, -0.25) is 14.9 Å². The fraction of sp³-hybridized carbons (Fsp3) is 0.316. The largest absolute Gasteiger partial charge is 0.495 e. The summed E-state index contributed by atoms with van der Waals surface area (Å²) in [6.07, 6.45) is 0. The van der Waals surface area contributed by atoms with Gasteiger partial charge in [-0.15, -0.1) is 0 Å². The number of anilines is 1. The number of carbonyl (C=O) groups is 1. The lowest BCUT2D eigenvalue weighted by Gasteiger charge is -2.26. The number of rotatable bonds is 7. The van der Waals surface area contributed by atoms with E-state index in [2.05, 4.69) is 5.32 Å². The van der Waals surface area contributed by atoms with E-state index in [9.17, 15) is 23.3 Å². The van der Waals surface area contributed by atoms with E-state index in [1.165, 1.54) is 41.7 Å². The van der Waals surface area contributed by atoms with E-state index in [4.69, 9.17) is 9.47 Å². The summed E-state index contributed by atoms with van der Waals surface area (Å²) < 4.78 is 36.7. The number of carbonyl (C=O) groups excluding carboxylic acids is 1. The van der Waals surface area contributed by atoms with E-state index in [1.54, 1.807) is 12.1 Å². The van der Waals surface area contributed by atoms with Crippen LogP contribution in [0, 0.1) is 10.1 Å². The van der Waals surface area contributed by atoms with Crippen molar-refractivity contribution in [1.82, 2.24) is 4.31 Å². The second kappa shape index (κ2) is 9.20. The molecule has 0 aromatic heterocycles. The number of benzene rings is 2. The maximum absolute atomic E-state index is 12.5. The monoisotopic (exact) mass is 435 g/mol. The highest BCUT2D eigenvalue weighted by atomic mass is 32.2. The molecule has 2 aromatic rings. The number of non-ortho nitro benzene ring substituents is 1. The van der Waals surface area contributed by atoms with Crippen LogP contribution in [0.3, 0.4) is 0 Å². The zero-order valence-electron chi connectivity index (χ0n) is 16.2. The van der Waals surface area contributed by atoms with E-state index >= 15 is 0 Å². The number of nitrogens with zero attached hydrogens (tertiary/aromatic N) is 2. The van der Waals surface area contributed by atoms with Gasteiger partial charge in [0, 0.05) is 30.8 Å². The van der Waals surface area contributed by atoms with Crippen LogP contribution in [0.4, 0.5) is 11.4 Å². The first-order valence-corrected chi connectivity index (χ1v) is 10.7. The maximum Gasteiger partial charge on any atom is 0.271 e. The van der Waals surface area contributed by atoms with Crippen LogP contribution in [0.5, 0.6) is 5.75 Å². The molecule has 1 aliphatic heterocycles. The summed E-state index contributed by atoms with van der Waals surface area (Å²) in [5.41, 5.74) is 0.799. The van der Waals surface area contributed by atoms with Gasteiger partial charge in [0.05, 0.1) is 36.7 Å². The molecule has 2 aromatic carbocycles. The second-order valence-electron chi connectivity index (χ2n) is 6.56. The van der Waals surface area contributed by atoms with Gasteiger partial charge in [0.15, 0.2) is 0 Å². The number of amides is 1. The minimum Gasteiger partial charge on any atom is -0.495 e. The van der Waals surface area contributed by atoms with E-state index < -0.39 is 20.9 Å². The number of nitro groups is 1. The Kier molecular flexibility index (Phi) is 6.65. The van der Waals surface area contributed by atoms with Gasteiger partial charge in [0.1, 0.15) is 5.75 Å². The molecule has 11 heteroatoms. The molecule has 0 aliphatic carbocycles. The molecular formula is C19H21N3O7S. The minimum atomic E-state index is -3.47. The molecule has 1 saturated heterocycles. The summed E-state index contributed by atoms with van der Waals surface area (Å²) in [4.78, 5) is 22.9. The van der Waals surface area contributed by atoms with E-state index in [0.29, 0.717) is 31.9 Å².